The minimum Gasteiger partial charge on any atom is -0.495 e. The van der Waals surface area contributed by atoms with E-state index in [9.17, 15) is 4.79 Å². The zero-order valence-electron chi connectivity index (χ0n) is 27.3. The van der Waals surface area contributed by atoms with Gasteiger partial charge in [0.15, 0.2) is 0 Å². The van der Waals surface area contributed by atoms with Crippen LogP contribution in [-0.4, -0.2) is 54.1 Å². The van der Waals surface area contributed by atoms with Gasteiger partial charge in [-0.05, 0) is 36.8 Å². The molecule has 0 radical (unpaired) electrons. The number of para-hydroxylation sites is 1. The molecule has 3 aromatic heterocycles. The molecular weight excluding hydrogens is 657 g/mol. The fraction of sp³-hybridized carbons (Fsp3) is 0.235. The largest absolute Gasteiger partial charge is 0.495 e. The second kappa shape index (κ2) is 14.5. The molecule has 0 aliphatic carbocycles. The topological polar surface area (TPSA) is 134 Å². The van der Waals surface area contributed by atoms with Crippen LogP contribution in [0.15, 0.2) is 67.6 Å². The Morgan fingerprint density at radius 2 is 1.75 bits per heavy atom. The van der Waals surface area contributed by atoms with Crippen molar-refractivity contribution in [3.8, 4) is 22.8 Å². The average molecular weight is 693 g/mol. The van der Waals surface area contributed by atoms with Crippen LogP contribution in [0.3, 0.4) is 0 Å². The molecule has 5 rings (SSSR count). The highest BCUT2D eigenvalue weighted by molar-refractivity contribution is 6.41. The molecule has 3 N–H and O–H groups in total. The van der Waals surface area contributed by atoms with Crippen molar-refractivity contribution in [2.24, 2.45) is 0 Å². The van der Waals surface area contributed by atoms with Crippen LogP contribution in [0.4, 0.5) is 23.0 Å². The number of halogens is 2. The van der Waals surface area contributed by atoms with Gasteiger partial charge in [0, 0.05) is 68.0 Å². The van der Waals surface area contributed by atoms with Crippen molar-refractivity contribution in [2.45, 2.75) is 26.3 Å². The van der Waals surface area contributed by atoms with Gasteiger partial charge in [-0.1, -0.05) is 41.9 Å². The van der Waals surface area contributed by atoms with E-state index in [1.54, 1.807) is 50.4 Å². The molecular formula is C34H35Cl2N7O5. The maximum atomic E-state index is 12.1. The molecule has 0 aliphatic heterocycles. The van der Waals surface area contributed by atoms with Crippen molar-refractivity contribution in [1.29, 1.82) is 0 Å². The van der Waals surface area contributed by atoms with Crippen LogP contribution in [0.25, 0.3) is 22.0 Å². The zero-order chi connectivity index (χ0) is 34.6. The summed E-state index contributed by atoms with van der Waals surface area (Å²) in [4.78, 5) is 21.8. The number of aromatic nitrogens is 4. The van der Waals surface area contributed by atoms with E-state index in [-0.39, 0.29) is 16.0 Å². The van der Waals surface area contributed by atoms with E-state index in [1.807, 2.05) is 37.4 Å². The normalized spacial score (nSPS) is 11.3. The molecule has 12 nitrogen and oxygen atoms in total. The zero-order valence-corrected chi connectivity index (χ0v) is 28.8. The van der Waals surface area contributed by atoms with Crippen molar-refractivity contribution in [3.63, 3.8) is 0 Å². The van der Waals surface area contributed by atoms with Crippen LogP contribution in [0.1, 0.15) is 18.1 Å². The number of rotatable bonds is 13. The number of amides is 1. The van der Waals surface area contributed by atoms with Gasteiger partial charge in [0.1, 0.15) is 23.1 Å². The Morgan fingerprint density at radius 1 is 1.04 bits per heavy atom. The smallest absolute Gasteiger partial charge is 0.267 e. The van der Waals surface area contributed by atoms with Gasteiger partial charge in [0.25, 0.3) is 5.91 Å². The number of nitrogens with zero attached hydrogens (tertiary/aromatic N) is 4. The van der Waals surface area contributed by atoms with Gasteiger partial charge >= 0.3 is 0 Å². The Hall–Kier alpha value is -4.88. The highest BCUT2D eigenvalue weighted by atomic mass is 35.5. The molecule has 1 amide bonds. The molecule has 0 atom stereocenters. The lowest BCUT2D eigenvalue weighted by molar-refractivity contribution is -0.260. The van der Waals surface area contributed by atoms with E-state index in [4.69, 9.17) is 47.1 Å². The molecule has 250 valence electrons. The number of pyridine rings is 2. The van der Waals surface area contributed by atoms with Gasteiger partial charge in [-0.2, -0.15) is 5.10 Å². The number of fused-ring (bicyclic) bond motifs is 1. The maximum Gasteiger partial charge on any atom is 0.267 e. The minimum atomic E-state index is -1.08. The third-order valence-electron chi connectivity index (χ3n) is 7.78. The summed E-state index contributed by atoms with van der Waals surface area (Å²) >= 11 is 13.6. The third kappa shape index (κ3) is 6.87. The second-order valence-electron chi connectivity index (χ2n) is 10.7. The number of carbonyl (C=O) groups excluding carboxylic acids is 1. The van der Waals surface area contributed by atoms with E-state index >= 15 is 0 Å². The third-order valence-corrected chi connectivity index (χ3v) is 8.53. The number of benzene rings is 2. The number of methoxy groups -OCH3 is 4. The number of nitrogens with one attached hydrogen (secondary N) is 3. The average Bonchev–Trinajstić information content (AvgIpc) is 3.58. The molecule has 0 spiro atoms. The number of aryl methyl sites for hydroxylation is 1. The van der Waals surface area contributed by atoms with Crippen LogP contribution < -0.4 is 25.4 Å². The summed E-state index contributed by atoms with van der Waals surface area (Å²) in [7, 11) is 6.11. The molecule has 0 fully saturated rings. The summed E-state index contributed by atoms with van der Waals surface area (Å²) in [6.45, 7) is 7.59. The predicted octanol–water partition coefficient (Wildman–Crippen LogP) is 7.53. The van der Waals surface area contributed by atoms with Crippen LogP contribution in [0, 0.1) is 6.92 Å². The molecule has 0 saturated carbocycles. The molecule has 0 saturated heterocycles. The van der Waals surface area contributed by atoms with E-state index in [0.29, 0.717) is 52.3 Å². The van der Waals surface area contributed by atoms with Crippen molar-refractivity contribution in [2.75, 3.05) is 44.4 Å². The fourth-order valence-electron chi connectivity index (χ4n) is 4.97. The van der Waals surface area contributed by atoms with Gasteiger partial charge in [-0.25, -0.2) is 14.6 Å². The van der Waals surface area contributed by atoms with Crippen LogP contribution in [0.5, 0.6) is 11.5 Å². The first-order valence-electron chi connectivity index (χ1n) is 14.6. The molecule has 2 aromatic carbocycles. The first-order valence-corrected chi connectivity index (χ1v) is 15.4. The summed E-state index contributed by atoms with van der Waals surface area (Å²) in [5, 5.41) is 16.1. The quantitative estimate of drug-likeness (QED) is 0.0840. The number of hydrogen-bond acceptors (Lipinski definition) is 10. The van der Waals surface area contributed by atoms with Crippen LogP contribution in [-0.2, 0) is 26.7 Å². The highest BCUT2D eigenvalue weighted by Crippen LogP contribution is 2.46. The Labute approximate surface area is 288 Å². The lowest BCUT2D eigenvalue weighted by Gasteiger charge is -2.26. The molecule has 0 unspecified atom stereocenters. The van der Waals surface area contributed by atoms with E-state index < -0.39 is 5.91 Å². The standard InChI is InChI=1S/C34H35Cl2N7O5/c1-8-28(44)40-23-11-9-10-19(2)32(23)42-27-13-22-21(17-37-27)12-24(29-30(35)25(45-4)14-26(46-5)31(29)36)41-33(22)38-15-20-16-39-43(18-20)34(3,47-6)48-7/h8-14,16-18H,1,15H2,2-7H3,(H,37,42)(H,38,41)(H,40,44). The van der Waals surface area contributed by atoms with Crippen molar-refractivity contribution < 1.29 is 23.7 Å². The second-order valence-corrected chi connectivity index (χ2v) is 11.5. The predicted molar refractivity (Wildman–Crippen MR) is 189 cm³/mol. The number of hydrogen-bond donors (Lipinski definition) is 3. The molecule has 0 aliphatic rings. The number of carbonyl (C=O) groups is 1. The van der Waals surface area contributed by atoms with Crippen LogP contribution >= 0.6 is 23.2 Å². The molecule has 14 heteroatoms. The highest BCUT2D eigenvalue weighted by Gasteiger charge is 2.26. The first kappa shape index (κ1) is 34.5. The summed E-state index contributed by atoms with van der Waals surface area (Å²) in [6, 6.07) is 10.9. The number of ether oxygens (including phenoxy) is 4. The van der Waals surface area contributed by atoms with Crippen LogP contribution in [0.2, 0.25) is 10.0 Å². The molecule has 48 heavy (non-hydrogen) atoms. The van der Waals surface area contributed by atoms with Crippen molar-refractivity contribution in [1.82, 2.24) is 19.7 Å². The molecule has 3 heterocycles. The Balaban J connectivity index is 1.62. The fourth-order valence-corrected chi connectivity index (χ4v) is 5.66. The molecule has 5 aromatic rings. The Kier molecular flexibility index (Phi) is 10.4. The van der Waals surface area contributed by atoms with Gasteiger partial charge in [0.05, 0.1) is 47.5 Å². The van der Waals surface area contributed by atoms with Gasteiger partial charge in [-0.15, -0.1) is 0 Å². The van der Waals surface area contributed by atoms with Gasteiger partial charge in [-0.3, -0.25) is 4.79 Å². The molecule has 0 bridgehead atoms. The first-order chi connectivity index (χ1) is 23.0. The maximum absolute atomic E-state index is 12.1. The monoisotopic (exact) mass is 691 g/mol. The lowest BCUT2D eigenvalue weighted by Crippen LogP contribution is -2.34. The van der Waals surface area contributed by atoms with Crippen molar-refractivity contribution in [3.05, 3.63) is 88.8 Å². The minimum absolute atomic E-state index is 0.278. The number of anilines is 4. The summed E-state index contributed by atoms with van der Waals surface area (Å²) < 4.78 is 23.6. The van der Waals surface area contributed by atoms with E-state index in [0.717, 1.165) is 21.9 Å². The summed E-state index contributed by atoms with van der Waals surface area (Å²) in [5.41, 5.74) is 3.92. The van der Waals surface area contributed by atoms with E-state index in [2.05, 4.69) is 32.6 Å². The van der Waals surface area contributed by atoms with Crippen molar-refractivity contribution >= 4 is 62.9 Å². The Morgan fingerprint density at radius 3 is 2.40 bits per heavy atom. The summed E-state index contributed by atoms with van der Waals surface area (Å²) in [6.07, 6.45) is 6.46. The van der Waals surface area contributed by atoms with Gasteiger partial charge in [0.2, 0.25) is 5.91 Å². The summed E-state index contributed by atoms with van der Waals surface area (Å²) in [5.74, 6) is 0.391. The lowest BCUT2D eigenvalue weighted by atomic mass is 10.1. The Bertz CT molecular complexity index is 1970. The SMILES string of the molecule is C=CC(=O)Nc1cccc(C)c1Nc1cc2c(NCc3cnn(C(C)(OC)OC)c3)nc(-c3c(Cl)c(OC)cc(OC)c3Cl)cc2cn1. The van der Waals surface area contributed by atoms with Gasteiger partial charge < -0.3 is 34.9 Å². The van der Waals surface area contributed by atoms with E-state index in [1.165, 1.54) is 20.3 Å².